The van der Waals surface area contributed by atoms with E-state index in [4.69, 9.17) is 23.2 Å². The van der Waals surface area contributed by atoms with E-state index in [-0.39, 0.29) is 5.91 Å². The van der Waals surface area contributed by atoms with E-state index in [0.29, 0.717) is 34.6 Å². The summed E-state index contributed by atoms with van der Waals surface area (Å²) in [6.07, 6.45) is 2.45. The molecule has 1 aromatic carbocycles. The van der Waals surface area contributed by atoms with Crippen LogP contribution >= 0.6 is 23.2 Å². The fourth-order valence-electron chi connectivity index (χ4n) is 3.07. The number of hydrogen-bond acceptors (Lipinski definition) is 4. The molecule has 4 rings (SSSR count). The van der Waals surface area contributed by atoms with E-state index in [1.54, 1.807) is 18.2 Å². The second kappa shape index (κ2) is 6.81. The zero-order valence-corrected chi connectivity index (χ0v) is 15.2. The standard InChI is InChI=1S/C18H18Cl2N4O/c19-13-3-4-14(15(20)11-13)18(25)24-9-7-23(8-10-24)17-6-5-16(21-22-17)12-1-2-12/h3-6,11-12H,1-2,7-10H2. The van der Waals surface area contributed by atoms with Gasteiger partial charge in [0.25, 0.3) is 5.91 Å². The second-order valence-corrected chi connectivity index (χ2v) is 7.34. The van der Waals surface area contributed by atoms with Crippen molar-refractivity contribution in [2.24, 2.45) is 0 Å². The molecule has 0 unspecified atom stereocenters. The molecule has 0 atom stereocenters. The molecule has 1 aliphatic heterocycles. The number of benzene rings is 1. The molecule has 0 bridgehead atoms. The van der Waals surface area contributed by atoms with Crippen molar-refractivity contribution >= 4 is 34.9 Å². The van der Waals surface area contributed by atoms with Crippen LogP contribution in [0, 0.1) is 0 Å². The first kappa shape index (κ1) is 16.6. The molecule has 0 radical (unpaired) electrons. The number of carbonyl (C=O) groups excluding carboxylic acids is 1. The molecule has 1 saturated carbocycles. The van der Waals surface area contributed by atoms with Crippen molar-refractivity contribution in [2.45, 2.75) is 18.8 Å². The van der Waals surface area contributed by atoms with Gasteiger partial charge in [0, 0.05) is 37.1 Å². The predicted molar refractivity (Wildman–Crippen MR) is 98.6 cm³/mol. The molecular formula is C18H18Cl2N4O. The summed E-state index contributed by atoms with van der Waals surface area (Å²) < 4.78 is 0. The van der Waals surface area contributed by atoms with Crippen LogP contribution in [0.3, 0.4) is 0 Å². The Labute approximate surface area is 156 Å². The first-order valence-electron chi connectivity index (χ1n) is 8.45. The van der Waals surface area contributed by atoms with Crippen molar-refractivity contribution in [1.82, 2.24) is 15.1 Å². The third-order valence-corrected chi connectivity index (χ3v) is 5.27. The molecule has 2 aliphatic rings. The monoisotopic (exact) mass is 376 g/mol. The first-order chi connectivity index (χ1) is 12.1. The van der Waals surface area contributed by atoms with Crippen LogP contribution in [0.2, 0.25) is 10.0 Å². The van der Waals surface area contributed by atoms with E-state index >= 15 is 0 Å². The Morgan fingerprint density at radius 2 is 1.76 bits per heavy atom. The van der Waals surface area contributed by atoms with Crippen LogP contribution in [0.5, 0.6) is 0 Å². The number of halogens is 2. The number of rotatable bonds is 3. The molecule has 1 amide bonds. The highest BCUT2D eigenvalue weighted by Gasteiger charge is 2.27. The maximum absolute atomic E-state index is 12.7. The van der Waals surface area contributed by atoms with Gasteiger partial charge in [0.15, 0.2) is 5.82 Å². The minimum atomic E-state index is -0.0588. The summed E-state index contributed by atoms with van der Waals surface area (Å²) in [6.45, 7) is 2.72. The second-order valence-electron chi connectivity index (χ2n) is 6.49. The minimum Gasteiger partial charge on any atom is -0.352 e. The Balaban J connectivity index is 1.39. The molecule has 2 aromatic rings. The first-order valence-corrected chi connectivity index (χ1v) is 9.20. The van der Waals surface area contributed by atoms with Crippen molar-refractivity contribution in [3.8, 4) is 0 Å². The molecule has 5 nitrogen and oxygen atoms in total. The molecule has 25 heavy (non-hydrogen) atoms. The molecule has 1 aromatic heterocycles. The summed E-state index contributed by atoms with van der Waals surface area (Å²) in [5.74, 6) is 1.43. The van der Waals surface area contributed by atoms with Crippen LogP contribution < -0.4 is 4.90 Å². The highest BCUT2D eigenvalue weighted by atomic mass is 35.5. The average molecular weight is 377 g/mol. The highest BCUT2D eigenvalue weighted by Crippen LogP contribution is 2.38. The number of aromatic nitrogens is 2. The Kier molecular flexibility index (Phi) is 4.52. The van der Waals surface area contributed by atoms with Crippen LogP contribution in [0.15, 0.2) is 30.3 Å². The van der Waals surface area contributed by atoms with E-state index < -0.39 is 0 Å². The minimum absolute atomic E-state index is 0.0588. The third-order valence-electron chi connectivity index (χ3n) is 4.72. The van der Waals surface area contributed by atoms with Gasteiger partial charge in [-0.05, 0) is 43.2 Å². The van der Waals surface area contributed by atoms with Crippen molar-refractivity contribution in [1.29, 1.82) is 0 Å². The molecule has 1 aliphatic carbocycles. The molecule has 1 saturated heterocycles. The SMILES string of the molecule is O=C(c1ccc(Cl)cc1Cl)N1CCN(c2ccc(C3CC3)nn2)CC1. The van der Waals surface area contributed by atoms with E-state index in [0.717, 1.165) is 24.6 Å². The van der Waals surface area contributed by atoms with Gasteiger partial charge >= 0.3 is 0 Å². The molecule has 2 heterocycles. The number of carbonyl (C=O) groups is 1. The quantitative estimate of drug-likeness (QED) is 0.820. The molecule has 0 N–H and O–H groups in total. The Hall–Kier alpha value is -1.85. The van der Waals surface area contributed by atoms with Gasteiger partial charge in [-0.25, -0.2) is 0 Å². The van der Waals surface area contributed by atoms with Crippen molar-refractivity contribution in [3.05, 3.63) is 51.6 Å². The number of piperazine rings is 1. The summed E-state index contributed by atoms with van der Waals surface area (Å²) in [7, 11) is 0. The summed E-state index contributed by atoms with van der Waals surface area (Å²) in [6, 6.07) is 9.08. The predicted octanol–water partition coefficient (Wildman–Crippen LogP) is 3.62. The van der Waals surface area contributed by atoms with Gasteiger partial charge < -0.3 is 9.80 Å². The van der Waals surface area contributed by atoms with Crippen LogP contribution in [0.4, 0.5) is 5.82 Å². The average Bonchev–Trinajstić information content (AvgIpc) is 3.47. The van der Waals surface area contributed by atoms with Crippen LogP contribution in [-0.4, -0.2) is 47.2 Å². The van der Waals surface area contributed by atoms with Gasteiger partial charge in [-0.15, -0.1) is 5.10 Å². The van der Waals surface area contributed by atoms with Crippen molar-refractivity contribution < 1.29 is 4.79 Å². The summed E-state index contributed by atoms with van der Waals surface area (Å²) >= 11 is 12.1. The zero-order chi connectivity index (χ0) is 17.4. The Morgan fingerprint density at radius 3 is 2.36 bits per heavy atom. The lowest BCUT2D eigenvalue weighted by Gasteiger charge is -2.35. The van der Waals surface area contributed by atoms with Gasteiger partial charge in [0.1, 0.15) is 0 Å². The largest absolute Gasteiger partial charge is 0.352 e. The van der Waals surface area contributed by atoms with Gasteiger partial charge in [-0.2, -0.15) is 5.10 Å². The lowest BCUT2D eigenvalue weighted by molar-refractivity contribution is 0.0746. The van der Waals surface area contributed by atoms with E-state index in [1.807, 2.05) is 11.0 Å². The molecule has 7 heteroatoms. The van der Waals surface area contributed by atoms with Gasteiger partial charge in [-0.3, -0.25) is 4.79 Å². The van der Waals surface area contributed by atoms with E-state index in [1.165, 1.54) is 12.8 Å². The number of anilines is 1. The maximum Gasteiger partial charge on any atom is 0.255 e. The Morgan fingerprint density at radius 1 is 1.00 bits per heavy atom. The van der Waals surface area contributed by atoms with Crippen LogP contribution in [0.1, 0.15) is 34.8 Å². The summed E-state index contributed by atoms with van der Waals surface area (Å²) in [5, 5.41) is 9.61. The summed E-state index contributed by atoms with van der Waals surface area (Å²) in [5.41, 5.74) is 1.59. The van der Waals surface area contributed by atoms with Crippen LogP contribution in [-0.2, 0) is 0 Å². The van der Waals surface area contributed by atoms with Gasteiger partial charge in [0.05, 0.1) is 16.3 Å². The molecule has 0 spiro atoms. The highest BCUT2D eigenvalue weighted by molar-refractivity contribution is 6.36. The number of nitrogens with zero attached hydrogens (tertiary/aromatic N) is 4. The molecular weight excluding hydrogens is 359 g/mol. The fraction of sp³-hybridized carbons (Fsp3) is 0.389. The van der Waals surface area contributed by atoms with Crippen LogP contribution in [0.25, 0.3) is 0 Å². The lowest BCUT2D eigenvalue weighted by Crippen LogP contribution is -2.49. The van der Waals surface area contributed by atoms with Gasteiger partial charge in [-0.1, -0.05) is 23.2 Å². The van der Waals surface area contributed by atoms with E-state index in [2.05, 4.69) is 21.2 Å². The zero-order valence-electron chi connectivity index (χ0n) is 13.7. The van der Waals surface area contributed by atoms with Gasteiger partial charge in [0.2, 0.25) is 0 Å². The lowest BCUT2D eigenvalue weighted by atomic mass is 10.1. The van der Waals surface area contributed by atoms with E-state index in [9.17, 15) is 4.79 Å². The molecule has 2 fully saturated rings. The fourth-order valence-corrected chi connectivity index (χ4v) is 3.56. The topological polar surface area (TPSA) is 49.3 Å². The number of hydrogen-bond donors (Lipinski definition) is 0. The van der Waals surface area contributed by atoms with Crippen molar-refractivity contribution in [2.75, 3.05) is 31.1 Å². The summed E-state index contributed by atoms with van der Waals surface area (Å²) in [4.78, 5) is 16.6. The van der Waals surface area contributed by atoms with Crippen molar-refractivity contribution in [3.63, 3.8) is 0 Å². The smallest absolute Gasteiger partial charge is 0.255 e. The number of amides is 1. The maximum atomic E-state index is 12.7. The molecule has 130 valence electrons. The normalized spacial score (nSPS) is 17.7. The Bertz CT molecular complexity index is 784. The third kappa shape index (κ3) is 3.58.